The van der Waals surface area contributed by atoms with Crippen LogP contribution in [-0.4, -0.2) is 51.5 Å². The Kier molecular flexibility index (Phi) is 4.90. The number of amides is 1. The predicted molar refractivity (Wildman–Crippen MR) is 72.5 cm³/mol. The molecule has 19 heavy (non-hydrogen) atoms. The Hall–Kier alpha value is -1.43. The number of likely N-dealkylation sites (tertiary alicyclic amines) is 1. The smallest absolute Gasteiger partial charge is 0.241 e. The molecule has 1 aromatic rings. The van der Waals surface area contributed by atoms with Crippen molar-refractivity contribution in [2.45, 2.75) is 39.3 Å². The summed E-state index contributed by atoms with van der Waals surface area (Å²) in [5.74, 6) is 0.572. The van der Waals surface area contributed by atoms with E-state index in [0.29, 0.717) is 12.0 Å². The maximum absolute atomic E-state index is 11.8. The maximum atomic E-state index is 11.8. The Bertz CT molecular complexity index is 390. The zero-order chi connectivity index (χ0) is 13.7. The zero-order valence-corrected chi connectivity index (χ0v) is 11.7. The Morgan fingerprint density at radius 1 is 1.53 bits per heavy atom. The Morgan fingerprint density at radius 2 is 2.37 bits per heavy atom. The van der Waals surface area contributed by atoms with Gasteiger partial charge in [-0.1, -0.05) is 5.21 Å². The number of hydrogen-bond acceptors (Lipinski definition) is 4. The summed E-state index contributed by atoms with van der Waals surface area (Å²) in [6.45, 7) is 7.73. The molecule has 6 heteroatoms. The average molecular weight is 265 g/mol. The van der Waals surface area contributed by atoms with Gasteiger partial charge in [-0.05, 0) is 39.2 Å². The third-order valence-electron chi connectivity index (χ3n) is 3.65. The predicted octanol–water partition coefficient (Wildman–Crippen LogP) is 0.515. The van der Waals surface area contributed by atoms with E-state index in [9.17, 15) is 4.79 Å². The van der Waals surface area contributed by atoms with Crippen molar-refractivity contribution in [1.82, 2.24) is 25.2 Å². The van der Waals surface area contributed by atoms with Gasteiger partial charge in [0.2, 0.25) is 5.91 Å². The van der Waals surface area contributed by atoms with E-state index in [-0.39, 0.29) is 12.5 Å². The highest BCUT2D eigenvalue weighted by molar-refractivity contribution is 5.75. The van der Waals surface area contributed by atoms with Gasteiger partial charge in [-0.25, -0.2) is 4.68 Å². The molecule has 6 nitrogen and oxygen atoms in total. The number of aromatic nitrogens is 3. The number of carbonyl (C=O) groups excluding carboxylic acids is 1. The highest BCUT2D eigenvalue weighted by Crippen LogP contribution is 2.17. The second-order valence-electron chi connectivity index (χ2n) is 5.50. The van der Waals surface area contributed by atoms with E-state index in [1.165, 1.54) is 24.1 Å². The van der Waals surface area contributed by atoms with Gasteiger partial charge in [0, 0.05) is 25.3 Å². The highest BCUT2D eigenvalue weighted by Gasteiger charge is 2.21. The lowest BCUT2D eigenvalue weighted by molar-refractivity contribution is -0.122. The summed E-state index contributed by atoms with van der Waals surface area (Å²) in [5.41, 5.74) is 0. The molecule has 1 aliphatic rings. The quantitative estimate of drug-likeness (QED) is 0.843. The lowest BCUT2D eigenvalue weighted by atomic mass is 9.97. The molecule has 0 saturated carbocycles. The summed E-state index contributed by atoms with van der Waals surface area (Å²) in [4.78, 5) is 14.2. The van der Waals surface area contributed by atoms with E-state index < -0.39 is 0 Å². The van der Waals surface area contributed by atoms with Crippen LogP contribution in [0.15, 0.2) is 12.4 Å². The minimum Gasteiger partial charge on any atom is -0.354 e. The first-order chi connectivity index (χ1) is 9.15. The van der Waals surface area contributed by atoms with Gasteiger partial charge in [0.1, 0.15) is 6.54 Å². The van der Waals surface area contributed by atoms with E-state index in [1.807, 2.05) is 0 Å². The van der Waals surface area contributed by atoms with Crippen molar-refractivity contribution in [3.05, 3.63) is 12.4 Å². The normalized spacial score (nSPS) is 20.7. The number of piperidine rings is 1. The van der Waals surface area contributed by atoms with Crippen molar-refractivity contribution in [2.75, 3.05) is 19.6 Å². The van der Waals surface area contributed by atoms with Crippen LogP contribution in [-0.2, 0) is 11.3 Å². The first kappa shape index (κ1) is 14.0. The van der Waals surface area contributed by atoms with Crippen molar-refractivity contribution < 1.29 is 4.79 Å². The van der Waals surface area contributed by atoms with Gasteiger partial charge in [0.15, 0.2) is 0 Å². The van der Waals surface area contributed by atoms with Gasteiger partial charge >= 0.3 is 0 Å². The van der Waals surface area contributed by atoms with Crippen molar-refractivity contribution in [2.24, 2.45) is 5.92 Å². The minimum atomic E-state index is 0.00664. The molecule has 2 rings (SSSR count). The molecule has 1 atom stereocenters. The molecule has 106 valence electrons. The number of hydrogen-bond donors (Lipinski definition) is 1. The van der Waals surface area contributed by atoms with Gasteiger partial charge < -0.3 is 10.2 Å². The lowest BCUT2D eigenvalue weighted by Gasteiger charge is -2.35. The Morgan fingerprint density at radius 3 is 3.05 bits per heavy atom. The first-order valence-corrected chi connectivity index (χ1v) is 7.00. The zero-order valence-electron chi connectivity index (χ0n) is 11.7. The van der Waals surface area contributed by atoms with Crippen LogP contribution in [0.1, 0.15) is 26.7 Å². The number of rotatable bonds is 5. The summed E-state index contributed by atoms with van der Waals surface area (Å²) in [6.07, 6.45) is 5.70. The van der Waals surface area contributed by atoms with Crippen LogP contribution >= 0.6 is 0 Å². The fourth-order valence-corrected chi connectivity index (χ4v) is 2.51. The lowest BCUT2D eigenvalue weighted by Crippen LogP contribution is -2.44. The second-order valence-corrected chi connectivity index (χ2v) is 5.50. The van der Waals surface area contributed by atoms with Gasteiger partial charge in [-0.15, -0.1) is 5.10 Å². The van der Waals surface area contributed by atoms with Crippen LogP contribution in [0.2, 0.25) is 0 Å². The molecule has 2 heterocycles. The van der Waals surface area contributed by atoms with Gasteiger partial charge in [-0.3, -0.25) is 4.79 Å². The molecule has 1 aromatic heterocycles. The summed E-state index contributed by atoms with van der Waals surface area (Å²) in [6, 6.07) is 0.591. The molecular weight excluding hydrogens is 242 g/mol. The van der Waals surface area contributed by atoms with Crippen molar-refractivity contribution in [1.29, 1.82) is 0 Å². The summed E-state index contributed by atoms with van der Waals surface area (Å²) < 4.78 is 1.54. The maximum Gasteiger partial charge on any atom is 0.241 e. The molecule has 0 aromatic carbocycles. The van der Waals surface area contributed by atoms with Crippen LogP contribution in [0.4, 0.5) is 0 Å². The van der Waals surface area contributed by atoms with Crippen LogP contribution < -0.4 is 5.32 Å². The number of nitrogens with one attached hydrogen (secondary N) is 1. The molecular formula is C13H23N5O. The molecule has 1 saturated heterocycles. The van der Waals surface area contributed by atoms with Gasteiger partial charge in [0.05, 0.1) is 6.20 Å². The number of nitrogens with zero attached hydrogens (tertiary/aromatic N) is 4. The van der Waals surface area contributed by atoms with Crippen LogP contribution in [0.5, 0.6) is 0 Å². The largest absolute Gasteiger partial charge is 0.354 e. The molecule has 1 aliphatic heterocycles. The van der Waals surface area contributed by atoms with Crippen molar-refractivity contribution in [3.63, 3.8) is 0 Å². The topological polar surface area (TPSA) is 63.1 Å². The molecule has 1 amide bonds. The monoisotopic (exact) mass is 265 g/mol. The van der Waals surface area contributed by atoms with E-state index in [0.717, 1.165) is 13.1 Å². The van der Waals surface area contributed by atoms with Crippen molar-refractivity contribution >= 4 is 5.91 Å². The van der Waals surface area contributed by atoms with Crippen LogP contribution in [0, 0.1) is 5.92 Å². The standard InChI is InChI=1S/C13H23N5O/c1-11(2)17-6-3-4-12(9-17)8-14-13(19)10-18-7-5-15-16-18/h5,7,11-12H,3-4,6,8-10H2,1-2H3,(H,14,19)/t12-/m1/s1. The van der Waals surface area contributed by atoms with Crippen LogP contribution in [0.3, 0.4) is 0 Å². The summed E-state index contributed by atoms with van der Waals surface area (Å²) in [5, 5.41) is 10.5. The third-order valence-corrected chi connectivity index (χ3v) is 3.65. The molecule has 1 fully saturated rings. The second kappa shape index (κ2) is 6.65. The van der Waals surface area contributed by atoms with Crippen molar-refractivity contribution in [3.8, 4) is 0 Å². The fourth-order valence-electron chi connectivity index (χ4n) is 2.51. The first-order valence-electron chi connectivity index (χ1n) is 7.00. The van der Waals surface area contributed by atoms with Gasteiger partial charge in [-0.2, -0.15) is 0 Å². The Balaban J connectivity index is 1.71. The average Bonchev–Trinajstić information content (AvgIpc) is 2.89. The summed E-state index contributed by atoms with van der Waals surface area (Å²) in [7, 11) is 0. The van der Waals surface area contributed by atoms with E-state index in [1.54, 1.807) is 12.4 Å². The Labute approximate surface area is 114 Å². The summed E-state index contributed by atoms with van der Waals surface area (Å²) >= 11 is 0. The molecule has 1 N–H and O–H groups in total. The molecule has 0 bridgehead atoms. The minimum absolute atomic E-state index is 0.00664. The van der Waals surface area contributed by atoms with E-state index >= 15 is 0 Å². The number of carbonyl (C=O) groups is 1. The third kappa shape index (κ3) is 4.31. The van der Waals surface area contributed by atoms with Crippen LogP contribution in [0.25, 0.3) is 0 Å². The van der Waals surface area contributed by atoms with E-state index in [4.69, 9.17) is 0 Å². The molecule has 0 spiro atoms. The highest BCUT2D eigenvalue weighted by atomic mass is 16.2. The molecule has 0 aliphatic carbocycles. The SMILES string of the molecule is CC(C)N1CCC[C@H](CNC(=O)Cn2ccnn2)C1. The molecule has 0 radical (unpaired) electrons. The fraction of sp³-hybridized carbons (Fsp3) is 0.769. The van der Waals surface area contributed by atoms with Gasteiger partial charge in [0.25, 0.3) is 0 Å². The van der Waals surface area contributed by atoms with E-state index in [2.05, 4.69) is 34.4 Å². The molecule has 0 unspecified atom stereocenters.